The summed E-state index contributed by atoms with van der Waals surface area (Å²) in [4.78, 5) is 10.3. The summed E-state index contributed by atoms with van der Waals surface area (Å²) in [5.41, 5.74) is -0.565. The molecule has 0 amide bonds. The van der Waals surface area contributed by atoms with E-state index in [-0.39, 0.29) is 0 Å². The molecule has 2 atom stereocenters. The van der Waals surface area contributed by atoms with Gasteiger partial charge in [-0.2, -0.15) is 0 Å². The number of fused-ring (bicyclic) bond motifs is 2. The molecule has 0 aromatic carbocycles. The zero-order chi connectivity index (χ0) is 6.32. The second kappa shape index (κ2) is 1.55. The minimum absolute atomic E-state index is 0.409. The lowest BCUT2D eigenvalue weighted by Crippen LogP contribution is -2.40. The molecule has 2 heterocycles. The van der Waals surface area contributed by atoms with Gasteiger partial charge in [-0.1, -0.05) is 0 Å². The first-order valence-corrected chi connectivity index (χ1v) is 3.11. The summed E-state index contributed by atoms with van der Waals surface area (Å²) in [5.74, 6) is 0. The van der Waals surface area contributed by atoms with Crippen LogP contribution in [0, 0.1) is 0 Å². The maximum Gasteiger partial charge on any atom is 0.234 e. The number of hydrogen-bond donors (Lipinski definition) is 1. The Labute approximate surface area is 53.4 Å². The van der Waals surface area contributed by atoms with E-state index < -0.39 is 5.60 Å². The lowest BCUT2D eigenvalue weighted by Gasteiger charge is -2.18. The molecular weight excluding hydrogens is 118 g/mol. The van der Waals surface area contributed by atoms with E-state index >= 15 is 0 Å². The van der Waals surface area contributed by atoms with Gasteiger partial charge in [-0.25, -0.2) is 0 Å². The standard InChI is InChI=1S/C6H8NO2/c8-4-6-1-5(2-9-6)7-3-6/h5,7H,1-3H2/t5-,6-/m1/s1. The molecule has 0 aliphatic carbocycles. The number of rotatable bonds is 1. The number of morpholine rings is 1. The predicted octanol–water partition coefficient (Wildman–Crippen LogP) is -0.773. The second-order valence-corrected chi connectivity index (χ2v) is 2.69. The first-order chi connectivity index (χ1) is 4.35. The van der Waals surface area contributed by atoms with Crippen molar-refractivity contribution in [2.45, 2.75) is 18.1 Å². The van der Waals surface area contributed by atoms with Gasteiger partial charge in [0.15, 0.2) is 0 Å². The normalized spacial score (nSPS) is 47.8. The van der Waals surface area contributed by atoms with Crippen LogP contribution >= 0.6 is 0 Å². The molecule has 3 nitrogen and oxygen atoms in total. The molecule has 3 heteroatoms. The van der Waals surface area contributed by atoms with Crippen molar-refractivity contribution in [3.05, 3.63) is 0 Å². The molecule has 2 fully saturated rings. The molecule has 0 aromatic rings. The summed E-state index contributed by atoms with van der Waals surface area (Å²) >= 11 is 0. The van der Waals surface area contributed by atoms with Gasteiger partial charge in [-0.3, -0.25) is 4.79 Å². The summed E-state index contributed by atoms with van der Waals surface area (Å²) in [6.45, 7) is 1.33. The van der Waals surface area contributed by atoms with Gasteiger partial charge in [0, 0.05) is 19.0 Å². The lowest BCUT2D eigenvalue weighted by molar-refractivity contribution is 0.0443. The highest BCUT2D eigenvalue weighted by Crippen LogP contribution is 2.28. The molecule has 0 saturated carbocycles. The number of hydrogen-bond acceptors (Lipinski definition) is 3. The average molecular weight is 126 g/mol. The van der Waals surface area contributed by atoms with E-state index in [1.165, 1.54) is 0 Å². The van der Waals surface area contributed by atoms with Crippen molar-refractivity contribution < 1.29 is 9.53 Å². The van der Waals surface area contributed by atoms with Crippen LogP contribution in [-0.4, -0.2) is 31.1 Å². The van der Waals surface area contributed by atoms with Crippen molar-refractivity contribution in [1.82, 2.24) is 5.32 Å². The summed E-state index contributed by atoms with van der Waals surface area (Å²) in [5, 5.41) is 3.16. The van der Waals surface area contributed by atoms with Gasteiger partial charge in [-0.05, 0) is 0 Å². The molecule has 0 spiro atoms. The second-order valence-electron chi connectivity index (χ2n) is 2.69. The zero-order valence-corrected chi connectivity index (χ0v) is 5.02. The first kappa shape index (κ1) is 5.38. The maximum atomic E-state index is 10.3. The third-order valence-corrected chi connectivity index (χ3v) is 2.00. The molecule has 2 aliphatic heterocycles. The summed E-state index contributed by atoms with van der Waals surface area (Å²) < 4.78 is 5.20. The molecule has 1 radical (unpaired) electrons. The van der Waals surface area contributed by atoms with Crippen LogP contribution in [0.2, 0.25) is 0 Å². The maximum absolute atomic E-state index is 10.3. The Bertz CT molecular complexity index is 138. The molecule has 2 saturated heterocycles. The van der Waals surface area contributed by atoms with Crippen LogP contribution in [0.1, 0.15) is 6.42 Å². The molecule has 0 aromatic heterocycles. The van der Waals surface area contributed by atoms with E-state index in [9.17, 15) is 4.79 Å². The largest absolute Gasteiger partial charge is 0.364 e. The van der Waals surface area contributed by atoms with Gasteiger partial charge >= 0.3 is 0 Å². The van der Waals surface area contributed by atoms with Crippen LogP contribution in [0.15, 0.2) is 0 Å². The Balaban J connectivity index is 2.21. The molecule has 2 aliphatic rings. The van der Waals surface area contributed by atoms with E-state index in [0.29, 0.717) is 19.2 Å². The zero-order valence-electron chi connectivity index (χ0n) is 5.02. The summed E-state index contributed by atoms with van der Waals surface area (Å²) in [7, 11) is 0. The Morgan fingerprint density at radius 3 is 2.89 bits per heavy atom. The van der Waals surface area contributed by atoms with Crippen LogP contribution in [0.25, 0.3) is 0 Å². The van der Waals surface area contributed by atoms with Crippen LogP contribution in [-0.2, 0) is 9.53 Å². The predicted molar refractivity (Wildman–Crippen MR) is 30.8 cm³/mol. The fourth-order valence-corrected chi connectivity index (χ4v) is 1.45. The Morgan fingerprint density at radius 1 is 1.78 bits per heavy atom. The molecule has 9 heavy (non-hydrogen) atoms. The Morgan fingerprint density at radius 2 is 2.67 bits per heavy atom. The van der Waals surface area contributed by atoms with E-state index in [1.807, 2.05) is 6.29 Å². The first-order valence-electron chi connectivity index (χ1n) is 3.11. The highest BCUT2D eigenvalue weighted by molar-refractivity contribution is 5.65. The van der Waals surface area contributed by atoms with Crippen LogP contribution in [0.3, 0.4) is 0 Å². The van der Waals surface area contributed by atoms with Gasteiger partial charge < -0.3 is 10.1 Å². The average Bonchev–Trinajstić information content (AvgIpc) is 2.46. The van der Waals surface area contributed by atoms with Gasteiger partial charge in [0.2, 0.25) is 6.29 Å². The van der Waals surface area contributed by atoms with Crippen LogP contribution in [0.5, 0.6) is 0 Å². The van der Waals surface area contributed by atoms with Gasteiger partial charge in [0.25, 0.3) is 0 Å². The third kappa shape index (κ3) is 0.618. The van der Waals surface area contributed by atoms with Crippen molar-refractivity contribution in [2.24, 2.45) is 0 Å². The SMILES string of the molecule is O=[C][C@@]12CN[C@@H](CO1)C2. The monoisotopic (exact) mass is 126 g/mol. The summed E-state index contributed by atoms with van der Waals surface area (Å²) in [6.07, 6.45) is 2.75. The number of nitrogens with one attached hydrogen (secondary N) is 1. The van der Waals surface area contributed by atoms with E-state index in [4.69, 9.17) is 4.74 Å². The molecule has 1 N–H and O–H groups in total. The topological polar surface area (TPSA) is 38.3 Å². The molecule has 2 rings (SSSR count). The minimum atomic E-state index is -0.565. The molecule has 0 unspecified atom stereocenters. The minimum Gasteiger partial charge on any atom is -0.364 e. The van der Waals surface area contributed by atoms with E-state index in [1.54, 1.807) is 0 Å². The van der Waals surface area contributed by atoms with Crippen molar-refractivity contribution >= 4 is 6.29 Å². The molecular formula is C6H8NO2. The van der Waals surface area contributed by atoms with Gasteiger partial charge in [0.1, 0.15) is 5.60 Å². The van der Waals surface area contributed by atoms with Gasteiger partial charge in [-0.15, -0.1) is 0 Å². The Hall–Kier alpha value is -0.410. The fraction of sp³-hybridized carbons (Fsp3) is 0.833. The van der Waals surface area contributed by atoms with Crippen molar-refractivity contribution in [1.29, 1.82) is 0 Å². The van der Waals surface area contributed by atoms with E-state index in [2.05, 4.69) is 5.32 Å². The van der Waals surface area contributed by atoms with Crippen molar-refractivity contribution in [2.75, 3.05) is 13.2 Å². The van der Waals surface area contributed by atoms with Gasteiger partial charge in [0.05, 0.1) is 6.61 Å². The fourth-order valence-electron chi connectivity index (χ4n) is 1.45. The lowest BCUT2D eigenvalue weighted by atomic mass is 10.1. The van der Waals surface area contributed by atoms with Crippen molar-refractivity contribution in [3.63, 3.8) is 0 Å². The highest BCUT2D eigenvalue weighted by atomic mass is 16.5. The summed E-state index contributed by atoms with van der Waals surface area (Å²) in [6, 6.07) is 0.409. The number of ether oxygens (including phenoxy) is 1. The van der Waals surface area contributed by atoms with Crippen LogP contribution in [0.4, 0.5) is 0 Å². The molecule has 49 valence electrons. The smallest absolute Gasteiger partial charge is 0.234 e. The third-order valence-electron chi connectivity index (χ3n) is 2.00. The quantitative estimate of drug-likeness (QED) is 0.501. The van der Waals surface area contributed by atoms with Crippen molar-refractivity contribution in [3.8, 4) is 0 Å². The van der Waals surface area contributed by atoms with E-state index in [0.717, 1.165) is 6.42 Å². The van der Waals surface area contributed by atoms with Crippen LogP contribution < -0.4 is 5.32 Å². The molecule has 2 bridgehead atoms. The Kier molecular flexibility index (Phi) is 0.926. The number of carbonyl (C=O) groups excluding carboxylic acids is 1. The highest BCUT2D eigenvalue weighted by Gasteiger charge is 2.46.